The highest BCUT2D eigenvalue weighted by Crippen LogP contribution is 2.68. The molecule has 146 valence electrons. The van der Waals surface area contributed by atoms with Crippen LogP contribution in [0.15, 0.2) is 23.0 Å². The molecule has 1 fully saturated rings. The van der Waals surface area contributed by atoms with Crippen LogP contribution in [-0.4, -0.2) is 47.2 Å². The Morgan fingerprint density at radius 3 is 2.81 bits per heavy atom. The third-order valence-electron chi connectivity index (χ3n) is 5.75. The van der Waals surface area contributed by atoms with Crippen LogP contribution in [0.3, 0.4) is 0 Å². The largest absolute Gasteiger partial charge is 0.508 e. The maximum atomic E-state index is 10.4. The highest BCUT2D eigenvalue weighted by Gasteiger charge is 2.68. The van der Waals surface area contributed by atoms with Crippen LogP contribution in [0.1, 0.15) is 45.1 Å². The lowest BCUT2D eigenvalue weighted by atomic mass is 10.1. The predicted molar refractivity (Wildman–Crippen MR) is 104 cm³/mol. The summed E-state index contributed by atoms with van der Waals surface area (Å²) in [4.78, 5) is 13.3. The zero-order chi connectivity index (χ0) is 19.2. The smallest absolute Gasteiger partial charge is 0.191 e. The summed E-state index contributed by atoms with van der Waals surface area (Å²) < 4.78 is 1.75. The molecule has 27 heavy (non-hydrogen) atoms. The van der Waals surface area contributed by atoms with Crippen molar-refractivity contribution in [2.75, 3.05) is 18.1 Å². The van der Waals surface area contributed by atoms with Gasteiger partial charge in [0.1, 0.15) is 17.3 Å². The van der Waals surface area contributed by atoms with Gasteiger partial charge in [-0.3, -0.25) is 0 Å². The predicted octanol–water partition coefficient (Wildman–Crippen LogP) is 2.96. The van der Waals surface area contributed by atoms with Gasteiger partial charge in [-0.15, -0.1) is 0 Å². The zero-order valence-corrected chi connectivity index (χ0v) is 16.1. The van der Waals surface area contributed by atoms with Crippen molar-refractivity contribution in [1.29, 1.82) is 0 Å². The van der Waals surface area contributed by atoms with Gasteiger partial charge in [0.25, 0.3) is 0 Å². The number of fused-ring (bicyclic) bond motifs is 2. The molecule has 8 nitrogen and oxygen atoms in total. The Balaban J connectivity index is 1.62. The molecule has 1 saturated carbocycles. The van der Waals surface area contributed by atoms with Crippen molar-refractivity contribution in [3.05, 3.63) is 17.8 Å². The van der Waals surface area contributed by atoms with Crippen molar-refractivity contribution < 1.29 is 15.3 Å². The first-order valence-corrected chi connectivity index (χ1v) is 10.4. The van der Waals surface area contributed by atoms with E-state index in [1.165, 1.54) is 19.3 Å². The summed E-state index contributed by atoms with van der Waals surface area (Å²) in [6, 6.07) is -0.487. The van der Waals surface area contributed by atoms with E-state index in [1.807, 2.05) is 0 Å². The first-order valence-electron chi connectivity index (χ1n) is 9.39. The van der Waals surface area contributed by atoms with Crippen LogP contribution in [-0.2, 0) is 0 Å². The fourth-order valence-corrected chi connectivity index (χ4v) is 4.91. The lowest BCUT2D eigenvalue weighted by Gasteiger charge is -2.15. The monoisotopic (exact) mass is 391 g/mol. The molecule has 5 N–H and O–H groups in total. The summed E-state index contributed by atoms with van der Waals surface area (Å²) in [5, 5.41) is 31.0. The second-order valence-electron chi connectivity index (χ2n) is 7.43. The number of thioether (sulfide) groups is 1. The molecule has 2 heterocycles. The number of aliphatic hydroxyl groups excluding tert-OH is 3. The molecular formula is C18H25N5O3S. The number of unbranched alkanes of at least 4 members (excludes halogenated alkanes) is 3. The van der Waals surface area contributed by atoms with Gasteiger partial charge in [0.2, 0.25) is 0 Å². The van der Waals surface area contributed by atoms with Crippen LogP contribution >= 0.6 is 11.8 Å². The Hall–Kier alpha value is -2.00. The summed E-state index contributed by atoms with van der Waals surface area (Å²) in [6.07, 6.45) is 6.90. The molecule has 9 heteroatoms. The highest BCUT2D eigenvalue weighted by molar-refractivity contribution is 7.99. The second-order valence-corrected chi connectivity index (χ2v) is 8.49. The Morgan fingerprint density at radius 2 is 2.11 bits per heavy atom. The number of aromatic nitrogens is 4. The molecule has 3 atom stereocenters. The molecular weight excluding hydrogens is 366 g/mol. The molecule has 2 aromatic heterocycles. The number of nitrogens with zero attached hydrogens (tertiary/aromatic N) is 4. The lowest BCUT2D eigenvalue weighted by molar-refractivity contribution is 0.180. The van der Waals surface area contributed by atoms with Crippen LogP contribution in [0.25, 0.3) is 11.2 Å². The summed E-state index contributed by atoms with van der Waals surface area (Å²) in [6.45, 7) is 1.99. The molecule has 0 spiro atoms. The first kappa shape index (κ1) is 18.4. The minimum absolute atomic E-state index is 0.0683. The summed E-state index contributed by atoms with van der Waals surface area (Å²) in [5.41, 5.74) is 6.39. The molecule has 0 bridgehead atoms. The van der Waals surface area contributed by atoms with Crippen LogP contribution in [0.4, 0.5) is 5.82 Å². The van der Waals surface area contributed by atoms with Gasteiger partial charge >= 0.3 is 0 Å². The molecule has 2 aromatic rings. The number of hydrogen-bond acceptors (Lipinski definition) is 8. The van der Waals surface area contributed by atoms with Crippen molar-refractivity contribution in [3.63, 3.8) is 0 Å². The van der Waals surface area contributed by atoms with E-state index < -0.39 is 11.5 Å². The average molecular weight is 391 g/mol. The molecule has 0 aliphatic heterocycles. The van der Waals surface area contributed by atoms with E-state index in [0.717, 1.165) is 12.2 Å². The molecule has 2 aliphatic carbocycles. The molecule has 0 saturated heterocycles. The van der Waals surface area contributed by atoms with Gasteiger partial charge in [-0.25, -0.2) is 15.0 Å². The topological polar surface area (TPSA) is 130 Å². The van der Waals surface area contributed by atoms with Crippen LogP contribution in [0.5, 0.6) is 0 Å². The van der Waals surface area contributed by atoms with E-state index >= 15 is 0 Å². The number of imidazole rings is 1. The van der Waals surface area contributed by atoms with E-state index in [2.05, 4.69) is 21.9 Å². The highest BCUT2D eigenvalue weighted by atomic mass is 32.2. The maximum Gasteiger partial charge on any atom is 0.191 e. The van der Waals surface area contributed by atoms with Gasteiger partial charge in [0, 0.05) is 11.7 Å². The number of hydrogen-bond donors (Lipinski definition) is 4. The first-order chi connectivity index (χ1) is 13.0. The normalized spacial score (nSPS) is 26.7. The molecule has 0 amide bonds. The maximum absolute atomic E-state index is 10.4. The third kappa shape index (κ3) is 2.84. The summed E-state index contributed by atoms with van der Waals surface area (Å²) >= 11 is 1.56. The fraction of sp³-hybridized carbons (Fsp3) is 0.611. The van der Waals surface area contributed by atoms with E-state index in [0.29, 0.717) is 28.6 Å². The zero-order valence-electron chi connectivity index (χ0n) is 15.3. The van der Waals surface area contributed by atoms with E-state index in [4.69, 9.17) is 5.73 Å². The van der Waals surface area contributed by atoms with Gasteiger partial charge in [-0.05, 0) is 12.8 Å². The Bertz CT molecular complexity index is 898. The minimum atomic E-state index is -0.721. The molecule has 2 aliphatic rings. The Labute approximate surface area is 161 Å². The van der Waals surface area contributed by atoms with E-state index in [-0.39, 0.29) is 24.0 Å². The molecule has 0 aromatic carbocycles. The summed E-state index contributed by atoms with van der Waals surface area (Å²) in [5.74, 6) is 0.927. The van der Waals surface area contributed by atoms with Crippen molar-refractivity contribution >= 4 is 28.7 Å². The number of allylic oxidation sites excluding steroid dienone is 1. The van der Waals surface area contributed by atoms with Gasteiger partial charge in [0.05, 0.1) is 18.3 Å². The number of aliphatic hydroxyl groups is 3. The second kappa shape index (κ2) is 6.87. The van der Waals surface area contributed by atoms with Crippen LogP contribution in [0.2, 0.25) is 0 Å². The minimum Gasteiger partial charge on any atom is -0.508 e. The van der Waals surface area contributed by atoms with Crippen molar-refractivity contribution in [2.45, 2.75) is 50.2 Å². The fourth-order valence-electron chi connectivity index (χ4n) is 4.07. The summed E-state index contributed by atoms with van der Waals surface area (Å²) in [7, 11) is 0. The van der Waals surface area contributed by atoms with Crippen LogP contribution < -0.4 is 5.73 Å². The van der Waals surface area contributed by atoms with Crippen molar-refractivity contribution in [1.82, 2.24) is 19.5 Å². The average Bonchev–Trinajstić information content (AvgIpc) is 3.17. The number of nitrogens with two attached hydrogens (primary N) is 1. The van der Waals surface area contributed by atoms with E-state index in [9.17, 15) is 15.3 Å². The number of nitrogen functional groups attached to an aromatic ring is 1. The Kier molecular flexibility index (Phi) is 4.67. The van der Waals surface area contributed by atoms with Gasteiger partial charge in [-0.2, -0.15) is 0 Å². The Morgan fingerprint density at radius 1 is 1.30 bits per heavy atom. The van der Waals surface area contributed by atoms with Gasteiger partial charge in [0.15, 0.2) is 22.4 Å². The van der Waals surface area contributed by atoms with Gasteiger partial charge < -0.3 is 25.6 Å². The molecule has 0 unspecified atom stereocenters. The third-order valence-corrected chi connectivity index (χ3v) is 6.68. The van der Waals surface area contributed by atoms with Crippen LogP contribution in [0, 0.1) is 11.3 Å². The lowest BCUT2D eigenvalue weighted by Crippen LogP contribution is -2.13. The number of anilines is 1. The van der Waals surface area contributed by atoms with Crippen molar-refractivity contribution in [2.24, 2.45) is 11.3 Å². The SMILES string of the molecule is CCCCCCSc1nc(N)c2ncn([C@H]3C(O)=C(O)[C@]4(CO)C[C@H]34)c2n1. The quantitative estimate of drug-likeness (QED) is 0.307. The van der Waals surface area contributed by atoms with Crippen molar-refractivity contribution in [3.8, 4) is 0 Å². The molecule has 4 rings (SSSR count). The number of rotatable bonds is 8. The molecule has 0 radical (unpaired) electrons. The van der Waals surface area contributed by atoms with Gasteiger partial charge in [-0.1, -0.05) is 37.9 Å². The standard InChI is InChI=1S/C18H25N5O3S/c1-2-3-4-5-6-27-17-21-15(19)11-16(22-17)23(9-20-11)12-10-7-18(10,8-24)14(26)13(12)25/h9-10,12,24-26H,2-8H2,1H3,(H2,19,21,22)/t10-,12-,18+/m1/s1. The van der Waals surface area contributed by atoms with E-state index in [1.54, 1.807) is 22.7 Å².